The number of halogens is 2. The third-order valence-electron chi connectivity index (χ3n) is 3.37. The van der Waals surface area contributed by atoms with Crippen LogP contribution in [0, 0.1) is 5.41 Å². The molecule has 0 aliphatic heterocycles. The Hall–Kier alpha value is -0.330. The summed E-state index contributed by atoms with van der Waals surface area (Å²) in [4.78, 5) is 0.0121. The van der Waals surface area contributed by atoms with Gasteiger partial charge in [-0.2, -0.15) is 0 Å². The van der Waals surface area contributed by atoms with E-state index < -0.39 is 10.0 Å². The first kappa shape index (κ1) is 18.7. The quantitative estimate of drug-likeness (QED) is 0.853. The number of sulfonamides is 1. The first-order valence-corrected chi connectivity index (χ1v) is 8.88. The average molecular weight is 353 g/mol. The van der Waals surface area contributed by atoms with Crippen molar-refractivity contribution in [2.75, 3.05) is 7.05 Å². The van der Waals surface area contributed by atoms with Crippen molar-refractivity contribution >= 4 is 33.2 Å². The summed E-state index contributed by atoms with van der Waals surface area (Å²) in [6.45, 7) is 8.16. The van der Waals surface area contributed by atoms with Crippen molar-refractivity contribution < 1.29 is 8.42 Å². The SMILES string of the molecule is CNCc1cc(Cl)cc(S(=O)(=O)NC(C)C(C)(C)C)c1Cl. The highest BCUT2D eigenvalue weighted by molar-refractivity contribution is 7.89. The minimum absolute atomic E-state index is 0.0121. The molecule has 1 atom stereocenters. The molecule has 0 bridgehead atoms. The Balaban J connectivity index is 3.26. The van der Waals surface area contributed by atoms with Crippen LogP contribution in [0.1, 0.15) is 33.3 Å². The van der Waals surface area contributed by atoms with Crippen molar-refractivity contribution in [2.45, 2.75) is 45.2 Å². The molecule has 0 aliphatic rings. The lowest BCUT2D eigenvalue weighted by molar-refractivity contribution is 0.317. The van der Waals surface area contributed by atoms with Gasteiger partial charge in [0.2, 0.25) is 10.0 Å². The van der Waals surface area contributed by atoms with Crippen LogP contribution in [0.25, 0.3) is 0 Å². The Morgan fingerprint density at radius 3 is 2.29 bits per heavy atom. The Kier molecular flexibility index (Phi) is 6.09. The molecule has 1 aromatic rings. The molecule has 7 heteroatoms. The van der Waals surface area contributed by atoms with Gasteiger partial charge >= 0.3 is 0 Å². The molecule has 0 amide bonds. The minimum atomic E-state index is -3.73. The first-order valence-electron chi connectivity index (χ1n) is 6.64. The molecule has 120 valence electrons. The summed E-state index contributed by atoms with van der Waals surface area (Å²) in [6, 6.07) is 2.79. The van der Waals surface area contributed by atoms with Gasteiger partial charge in [0.05, 0.1) is 5.02 Å². The van der Waals surface area contributed by atoms with Gasteiger partial charge < -0.3 is 5.32 Å². The van der Waals surface area contributed by atoms with Crippen LogP contribution in [0.3, 0.4) is 0 Å². The van der Waals surface area contributed by atoms with Crippen LogP contribution in [0.15, 0.2) is 17.0 Å². The molecule has 0 spiro atoms. The van der Waals surface area contributed by atoms with E-state index in [4.69, 9.17) is 23.2 Å². The predicted molar refractivity (Wildman–Crippen MR) is 88.5 cm³/mol. The predicted octanol–water partition coefficient (Wildman–Crippen LogP) is 3.43. The van der Waals surface area contributed by atoms with Gasteiger partial charge in [-0.05, 0) is 37.1 Å². The molecule has 1 rings (SSSR count). The maximum Gasteiger partial charge on any atom is 0.242 e. The van der Waals surface area contributed by atoms with Gasteiger partial charge in [-0.15, -0.1) is 0 Å². The molecular weight excluding hydrogens is 331 g/mol. The Morgan fingerprint density at radius 1 is 1.24 bits per heavy atom. The van der Waals surface area contributed by atoms with Gasteiger partial charge in [0.15, 0.2) is 0 Å². The summed E-state index contributed by atoms with van der Waals surface area (Å²) in [6.07, 6.45) is 0. The molecule has 1 unspecified atom stereocenters. The van der Waals surface area contributed by atoms with Gasteiger partial charge in [-0.25, -0.2) is 13.1 Å². The lowest BCUT2D eigenvalue weighted by atomic mass is 9.89. The van der Waals surface area contributed by atoms with E-state index in [9.17, 15) is 8.42 Å². The molecule has 0 saturated heterocycles. The fraction of sp³-hybridized carbons (Fsp3) is 0.571. The van der Waals surface area contributed by atoms with E-state index in [1.54, 1.807) is 13.1 Å². The average Bonchev–Trinajstić information content (AvgIpc) is 2.31. The number of rotatable bonds is 5. The van der Waals surface area contributed by atoms with Crippen LogP contribution >= 0.6 is 23.2 Å². The number of hydrogen-bond donors (Lipinski definition) is 2. The van der Waals surface area contributed by atoms with Crippen molar-refractivity contribution in [1.82, 2.24) is 10.0 Å². The second-order valence-electron chi connectivity index (χ2n) is 6.12. The number of benzene rings is 1. The van der Waals surface area contributed by atoms with Crippen LogP contribution in [0.4, 0.5) is 0 Å². The van der Waals surface area contributed by atoms with E-state index in [1.165, 1.54) is 6.07 Å². The van der Waals surface area contributed by atoms with Crippen LogP contribution in [-0.4, -0.2) is 21.5 Å². The van der Waals surface area contributed by atoms with E-state index in [1.807, 2.05) is 27.7 Å². The van der Waals surface area contributed by atoms with Crippen LogP contribution in [0.5, 0.6) is 0 Å². The second-order valence-corrected chi connectivity index (χ2v) is 8.61. The molecule has 4 nitrogen and oxygen atoms in total. The van der Waals surface area contributed by atoms with Gasteiger partial charge in [0.25, 0.3) is 0 Å². The lowest BCUT2D eigenvalue weighted by Gasteiger charge is -2.28. The highest BCUT2D eigenvalue weighted by Crippen LogP contribution is 2.30. The molecule has 0 radical (unpaired) electrons. The molecule has 0 heterocycles. The fourth-order valence-electron chi connectivity index (χ4n) is 1.61. The minimum Gasteiger partial charge on any atom is -0.316 e. The maximum absolute atomic E-state index is 12.5. The highest BCUT2D eigenvalue weighted by Gasteiger charge is 2.28. The molecule has 21 heavy (non-hydrogen) atoms. The van der Waals surface area contributed by atoms with Gasteiger partial charge in [-0.1, -0.05) is 44.0 Å². The van der Waals surface area contributed by atoms with Crippen molar-refractivity contribution in [1.29, 1.82) is 0 Å². The van der Waals surface area contributed by atoms with Gasteiger partial charge in [0.1, 0.15) is 4.90 Å². The molecule has 2 N–H and O–H groups in total. The Labute approximate surface area is 137 Å². The van der Waals surface area contributed by atoms with E-state index in [0.717, 1.165) is 0 Å². The smallest absolute Gasteiger partial charge is 0.242 e. The molecular formula is C14H22Cl2N2O2S. The van der Waals surface area contributed by atoms with Crippen molar-refractivity contribution in [3.05, 3.63) is 27.7 Å². The normalized spacial score (nSPS) is 14.2. The van der Waals surface area contributed by atoms with Crippen LogP contribution in [-0.2, 0) is 16.6 Å². The van der Waals surface area contributed by atoms with Crippen LogP contribution in [0.2, 0.25) is 10.0 Å². The highest BCUT2D eigenvalue weighted by atomic mass is 35.5. The van der Waals surface area contributed by atoms with E-state index >= 15 is 0 Å². The summed E-state index contributed by atoms with van der Waals surface area (Å²) in [5.74, 6) is 0. The summed E-state index contributed by atoms with van der Waals surface area (Å²) >= 11 is 12.2. The third-order valence-corrected chi connectivity index (χ3v) is 5.71. The largest absolute Gasteiger partial charge is 0.316 e. The molecule has 0 aliphatic carbocycles. The number of nitrogens with one attached hydrogen (secondary N) is 2. The zero-order valence-corrected chi connectivity index (χ0v) is 15.2. The van der Waals surface area contributed by atoms with Crippen molar-refractivity contribution in [3.8, 4) is 0 Å². The number of hydrogen-bond acceptors (Lipinski definition) is 3. The zero-order valence-electron chi connectivity index (χ0n) is 12.9. The maximum atomic E-state index is 12.5. The van der Waals surface area contributed by atoms with Crippen LogP contribution < -0.4 is 10.0 Å². The Bertz CT molecular complexity index is 610. The molecule has 0 saturated carbocycles. The second kappa shape index (κ2) is 6.84. The monoisotopic (exact) mass is 352 g/mol. The Morgan fingerprint density at radius 2 is 1.81 bits per heavy atom. The summed E-state index contributed by atoms with van der Waals surface area (Å²) < 4.78 is 27.7. The first-order chi connectivity index (χ1) is 9.49. The van der Waals surface area contributed by atoms with E-state index in [2.05, 4.69) is 10.0 Å². The van der Waals surface area contributed by atoms with E-state index in [-0.39, 0.29) is 21.4 Å². The topological polar surface area (TPSA) is 58.2 Å². The van der Waals surface area contributed by atoms with Crippen molar-refractivity contribution in [3.63, 3.8) is 0 Å². The molecule has 1 aromatic carbocycles. The lowest BCUT2D eigenvalue weighted by Crippen LogP contribution is -2.41. The summed E-state index contributed by atoms with van der Waals surface area (Å²) in [5, 5.41) is 3.48. The zero-order chi connectivity index (χ0) is 16.4. The summed E-state index contributed by atoms with van der Waals surface area (Å²) in [5.41, 5.74) is 0.446. The van der Waals surface area contributed by atoms with Gasteiger partial charge in [-0.3, -0.25) is 0 Å². The van der Waals surface area contributed by atoms with Gasteiger partial charge in [0, 0.05) is 17.6 Å². The summed E-state index contributed by atoms with van der Waals surface area (Å²) in [7, 11) is -1.98. The molecule has 0 fully saturated rings. The fourth-order valence-corrected chi connectivity index (χ4v) is 3.99. The van der Waals surface area contributed by atoms with E-state index in [0.29, 0.717) is 17.1 Å². The molecule has 0 aromatic heterocycles. The van der Waals surface area contributed by atoms with Crippen molar-refractivity contribution in [2.24, 2.45) is 5.41 Å². The standard InChI is InChI=1S/C14H22Cl2N2O2S/c1-9(14(2,3)4)18-21(19,20)12-7-11(15)6-10(8-17-5)13(12)16/h6-7,9,17-18H,8H2,1-5H3. The third kappa shape index (κ3) is 4.83.